The molecule has 0 saturated carbocycles. The number of amides is 1. The molecule has 0 radical (unpaired) electrons. The molecule has 32 heavy (non-hydrogen) atoms. The fourth-order valence-corrected chi connectivity index (χ4v) is 4.89. The van der Waals surface area contributed by atoms with E-state index in [0.29, 0.717) is 12.3 Å². The zero-order valence-electron chi connectivity index (χ0n) is 18.7. The first-order valence-corrected chi connectivity index (χ1v) is 11.2. The number of hydrogen-bond donors (Lipinski definition) is 1. The Balaban J connectivity index is 1.93. The van der Waals surface area contributed by atoms with Crippen LogP contribution in [0.15, 0.2) is 42.5 Å². The maximum Gasteiger partial charge on any atom is 0.343 e. The van der Waals surface area contributed by atoms with Gasteiger partial charge in [-0.1, -0.05) is 43.7 Å². The summed E-state index contributed by atoms with van der Waals surface area (Å²) >= 11 is 0. The zero-order chi connectivity index (χ0) is 22.7. The molecule has 2 N–H and O–H groups in total. The predicted molar refractivity (Wildman–Crippen MR) is 124 cm³/mol. The highest BCUT2D eigenvalue weighted by atomic mass is 16.6. The van der Waals surface area contributed by atoms with Crippen LogP contribution in [-0.2, 0) is 33.7 Å². The van der Waals surface area contributed by atoms with Crippen molar-refractivity contribution in [1.82, 2.24) is 4.57 Å². The van der Waals surface area contributed by atoms with Crippen molar-refractivity contribution < 1.29 is 19.1 Å². The molecule has 3 aromatic rings. The standard InChI is InChI=1S/C26H30N2O4/c1-3-17-9-4-5-10-18(17)15-28-20-12-7-6-11-19(26(27)30)24(20)25-21(28)13-8-14-22(25)32-16-23(29)31-2/h4-5,8-10,13-14,19H,3,6-7,11-12,15-16H2,1-2H3,(H2,27,30). The van der Waals surface area contributed by atoms with Crippen LogP contribution in [0.1, 0.15) is 54.5 Å². The summed E-state index contributed by atoms with van der Waals surface area (Å²) in [7, 11) is 1.34. The number of aromatic nitrogens is 1. The molecule has 6 heteroatoms. The highest BCUT2D eigenvalue weighted by Crippen LogP contribution is 2.42. The number of rotatable bonds is 7. The minimum atomic E-state index is -0.448. The third-order valence-electron chi connectivity index (χ3n) is 6.45. The Bertz CT molecular complexity index is 1150. The van der Waals surface area contributed by atoms with Gasteiger partial charge in [0.25, 0.3) is 0 Å². The summed E-state index contributed by atoms with van der Waals surface area (Å²) in [4.78, 5) is 24.2. The Labute approximate surface area is 188 Å². The van der Waals surface area contributed by atoms with Gasteiger partial charge in [0.05, 0.1) is 18.5 Å². The second-order valence-electron chi connectivity index (χ2n) is 8.28. The summed E-state index contributed by atoms with van der Waals surface area (Å²) < 4.78 is 12.9. The lowest BCUT2D eigenvalue weighted by molar-refractivity contribution is -0.142. The van der Waals surface area contributed by atoms with E-state index < -0.39 is 5.97 Å². The van der Waals surface area contributed by atoms with E-state index in [9.17, 15) is 9.59 Å². The number of methoxy groups -OCH3 is 1. The van der Waals surface area contributed by atoms with E-state index in [2.05, 4.69) is 41.8 Å². The SMILES string of the molecule is CCc1ccccc1Cn1c2c(c3c(OCC(=O)OC)cccc31)C(C(N)=O)CCCC2. The van der Waals surface area contributed by atoms with Gasteiger partial charge in [0, 0.05) is 17.6 Å². The van der Waals surface area contributed by atoms with E-state index in [1.54, 1.807) is 0 Å². The molecule has 4 rings (SSSR count). The van der Waals surface area contributed by atoms with Crippen molar-refractivity contribution in [3.8, 4) is 5.75 Å². The molecule has 6 nitrogen and oxygen atoms in total. The van der Waals surface area contributed by atoms with Crippen molar-refractivity contribution >= 4 is 22.8 Å². The van der Waals surface area contributed by atoms with Gasteiger partial charge >= 0.3 is 5.97 Å². The molecule has 0 spiro atoms. The lowest BCUT2D eigenvalue weighted by Gasteiger charge is -2.15. The lowest BCUT2D eigenvalue weighted by atomic mass is 9.92. The van der Waals surface area contributed by atoms with Crippen LogP contribution in [0.4, 0.5) is 0 Å². The van der Waals surface area contributed by atoms with Crippen molar-refractivity contribution in [2.24, 2.45) is 5.73 Å². The molecule has 1 aromatic heterocycles. The molecular weight excluding hydrogens is 404 g/mol. The molecule has 0 aliphatic heterocycles. The maximum absolute atomic E-state index is 12.5. The number of carbonyl (C=O) groups excluding carboxylic acids is 2. The van der Waals surface area contributed by atoms with Crippen molar-refractivity contribution in [3.05, 3.63) is 64.8 Å². The van der Waals surface area contributed by atoms with Crippen LogP contribution >= 0.6 is 0 Å². The number of aryl methyl sites for hydroxylation is 1. The summed E-state index contributed by atoms with van der Waals surface area (Å²) in [5, 5.41) is 0.881. The van der Waals surface area contributed by atoms with Crippen LogP contribution < -0.4 is 10.5 Å². The Hall–Kier alpha value is -3.28. The third-order valence-corrected chi connectivity index (χ3v) is 6.45. The molecule has 168 valence electrons. The van der Waals surface area contributed by atoms with Crippen LogP contribution in [0.5, 0.6) is 5.75 Å². The van der Waals surface area contributed by atoms with Crippen LogP contribution in [-0.4, -0.2) is 30.2 Å². The molecule has 1 atom stereocenters. The molecule has 2 aromatic carbocycles. The molecule has 0 bridgehead atoms. The van der Waals surface area contributed by atoms with Crippen LogP contribution in [0.3, 0.4) is 0 Å². The third kappa shape index (κ3) is 4.09. The number of fused-ring (bicyclic) bond motifs is 3. The van der Waals surface area contributed by atoms with Gasteiger partial charge in [0.15, 0.2) is 6.61 Å². The minimum absolute atomic E-state index is 0.185. The molecule has 0 fully saturated rings. The number of primary amides is 1. The largest absolute Gasteiger partial charge is 0.481 e. The highest BCUT2D eigenvalue weighted by molar-refractivity contribution is 5.97. The maximum atomic E-state index is 12.5. The Morgan fingerprint density at radius 1 is 1.09 bits per heavy atom. The van der Waals surface area contributed by atoms with Crippen LogP contribution in [0.25, 0.3) is 10.9 Å². The average molecular weight is 435 g/mol. The van der Waals surface area contributed by atoms with Crippen molar-refractivity contribution in [2.75, 3.05) is 13.7 Å². The van der Waals surface area contributed by atoms with E-state index >= 15 is 0 Å². The summed E-state index contributed by atoms with van der Waals surface area (Å²) in [5.74, 6) is -0.555. The van der Waals surface area contributed by atoms with Gasteiger partial charge in [-0.2, -0.15) is 0 Å². The average Bonchev–Trinajstić information content (AvgIpc) is 2.96. The molecule has 1 heterocycles. The quantitative estimate of drug-likeness (QED) is 0.448. The van der Waals surface area contributed by atoms with Gasteiger partial charge in [-0.3, -0.25) is 4.79 Å². The normalized spacial score (nSPS) is 15.8. The molecule has 1 unspecified atom stereocenters. The minimum Gasteiger partial charge on any atom is -0.481 e. The van der Waals surface area contributed by atoms with Gasteiger partial charge in [-0.05, 0) is 54.5 Å². The molecular formula is C26H30N2O4. The topological polar surface area (TPSA) is 83.6 Å². The van der Waals surface area contributed by atoms with Crippen LogP contribution in [0.2, 0.25) is 0 Å². The molecule has 0 saturated heterocycles. The van der Waals surface area contributed by atoms with E-state index in [-0.39, 0.29) is 18.4 Å². The number of nitrogens with two attached hydrogens (primary N) is 1. The Morgan fingerprint density at radius 2 is 1.88 bits per heavy atom. The summed E-state index contributed by atoms with van der Waals surface area (Å²) in [5.41, 5.74) is 11.5. The first-order valence-electron chi connectivity index (χ1n) is 11.2. The molecule has 1 aliphatic rings. The number of ether oxygens (including phenoxy) is 2. The monoisotopic (exact) mass is 434 g/mol. The molecule has 1 amide bonds. The van der Waals surface area contributed by atoms with Crippen molar-refractivity contribution in [2.45, 2.75) is 51.5 Å². The summed E-state index contributed by atoms with van der Waals surface area (Å²) in [6, 6.07) is 14.3. The smallest absolute Gasteiger partial charge is 0.343 e. The highest BCUT2D eigenvalue weighted by Gasteiger charge is 2.31. The Morgan fingerprint density at radius 3 is 2.59 bits per heavy atom. The van der Waals surface area contributed by atoms with Gasteiger partial charge in [-0.25, -0.2) is 4.79 Å². The van der Waals surface area contributed by atoms with Gasteiger partial charge < -0.3 is 19.8 Å². The van der Waals surface area contributed by atoms with Gasteiger partial charge in [0.2, 0.25) is 5.91 Å². The number of nitrogens with zero attached hydrogens (tertiary/aromatic N) is 1. The first-order chi connectivity index (χ1) is 15.5. The zero-order valence-corrected chi connectivity index (χ0v) is 18.7. The summed E-state index contributed by atoms with van der Waals surface area (Å²) in [6.07, 6.45) is 4.49. The van der Waals surface area contributed by atoms with Gasteiger partial charge in [-0.15, -0.1) is 0 Å². The number of esters is 1. The number of hydrogen-bond acceptors (Lipinski definition) is 4. The predicted octanol–water partition coefficient (Wildman–Crippen LogP) is 4.10. The van der Waals surface area contributed by atoms with E-state index in [0.717, 1.165) is 54.3 Å². The summed E-state index contributed by atoms with van der Waals surface area (Å²) in [6.45, 7) is 2.69. The fourth-order valence-electron chi connectivity index (χ4n) is 4.89. The van der Waals surface area contributed by atoms with Crippen LogP contribution in [0, 0.1) is 0 Å². The Kier molecular flexibility index (Phi) is 6.49. The van der Waals surface area contributed by atoms with Crippen molar-refractivity contribution in [3.63, 3.8) is 0 Å². The number of benzene rings is 2. The van der Waals surface area contributed by atoms with E-state index in [1.807, 2.05) is 12.1 Å². The second kappa shape index (κ2) is 9.47. The van der Waals surface area contributed by atoms with Gasteiger partial charge in [0.1, 0.15) is 5.75 Å². The molecule has 1 aliphatic carbocycles. The second-order valence-corrected chi connectivity index (χ2v) is 8.28. The first kappa shape index (κ1) is 21.9. The van der Waals surface area contributed by atoms with Crippen molar-refractivity contribution in [1.29, 1.82) is 0 Å². The lowest BCUT2D eigenvalue weighted by Crippen LogP contribution is -2.22. The number of carbonyl (C=O) groups is 2. The van der Waals surface area contributed by atoms with E-state index in [1.165, 1.54) is 18.2 Å². The fraction of sp³-hybridized carbons (Fsp3) is 0.385. The van der Waals surface area contributed by atoms with E-state index in [4.69, 9.17) is 15.2 Å².